The van der Waals surface area contributed by atoms with Crippen molar-refractivity contribution in [2.24, 2.45) is 5.92 Å². The molecule has 1 heterocycles. The van der Waals surface area contributed by atoms with Gasteiger partial charge in [-0.25, -0.2) is 4.39 Å². The SMILES string of the molecule is COCCN(C)C(=O)[C@@H]1CCCN(c2ccc(F)cc2C#N)C1. The summed E-state index contributed by atoms with van der Waals surface area (Å²) in [5.74, 6) is -0.441. The van der Waals surface area contributed by atoms with Gasteiger partial charge in [0.1, 0.15) is 11.9 Å². The van der Waals surface area contributed by atoms with Crippen LogP contribution in [0.2, 0.25) is 0 Å². The van der Waals surface area contributed by atoms with Gasteiger partial charge in [0.05, 0.1) is 23.8 Å². The molecule has 0 saturated carbocycles. The summed E-state index contributed by atoms with van der Waals surface area (Å²) in [6.45, 7) is 2.39. The number of rotatable bonds is 5. The largest absolute Gasteiger partial charge is 0.383 e. The molecule has 1 aromatic carbocycles. The van der Waals surface area contributed by atoms with Crippen LogP contribution >= 0.6 is 0 Å². The Bertz CT molecular complexity index is 600. The van der Waals surface area contributed by atoms with Gasteiger partial charge in [0.15, 0.2) is 0 Å². The molecule has 0 N–H and O–H groups in total. The van der Waals surface area contributed by atoms with E-state index in [1.165, 1.54) is 12.1 Å². The fourth-order valence-electron chi connectivity index (χ4n) is 2.92. The maximum Gasteiger partial charge on any atom is 0.227 e. The van der Waals surface area contributed by atoms with E-state index in [4.69, 9.17) is 4.74 Å². The predicted molar refractivity (Wildman–Crippen MR) is 85.6 cm³/mol. The van der Waals surface area contributed by atoms with E-state index < -0.39 is 5.82 Å². The van der Waals surface area contributed by atoms with Crippen molar-refractivity contribution >= 4 is 11.6 Å². The third kappa shape index (κ3) is 4.20. The van der Waals surface area contributed by atoms with Gasteiger partial charge in [-0.1, -0.05) is 0 Å². The molecular formula is C17H22FN3O2. The predicted octanol–water partition coefficient (Wildman–Crippen LogP) is 2.02. The van der Waals surface area contributed by atoms with Gasteiger partial charge in [-0.05, 0) is 31.0 Å². The fraction of sp³-hybridized carbons (Fsp3) is 0.529. The van der Waals surface area contributed by atoms with E-state index >= 15 is 0 Å². The number of carbonyl (C=O) groups excluding carboxylic acids is 1. The van der Waals surface area contributed by atoms with Crippen LogP contribution in [0, 0.1) is 23.1 Å². The quantitative estimate of drug-likeness (QED) is 0.833. The molecule has 0 bridgehead atoms. The first-order valence-electron chi connectivity index (χ1n) is 7.75. The first kappa shape index (κ1) is 17.2. The molecule has 5 nitrogen and oxygen atoms in total. The molecule has 1 aliphatic heterocycles. The van der Waals surface area contributed by atoms with Crippen LogP contribution < -0.4 is 4.90 Å². The lowest BCUT2D eigenvalue weighted by Crippen LogP contribution is -2.44. The normalized spacial score (nSPS) is 17.7. The van der Waals surface area contributed by atoms with Gasteiger partial charge < -0.3 is 14.5 Å². The Kier molecular flexibility index (Phi) is 5.94. The first-order chi connectivity index (χ1) is 11.1. The van der Waals surface area contributed by atoms with Crippen LogP contribution in [0.1, 0.15) is 18.4 Å². The van der Waals surface area contributed by atoms with Gasteiger partial charge in [-0.3, -0.25) is 4.79 Å². The second kappa shape index (κ2) is 7.93. The number of hydrogen-bond acceptors (Lipinski definition) is 4. The van der Waals surface area contributed by atoms with Crippen molar-refractivity contribution in [2.45, 2.75) is 12.8 Å². The number of amides is 1. The minimum absolute atomic E-state index is 0.0902. The minimum atomic E-state index is -0.422. The molecule has 1 aliphatic rings. The molecule has 1 aromatic rings. The van der Waals surface area contributed by atoms with Gasteiger partial charge in [-0.2, -0.15) is 5.26 Å². The summed E-state index contributed by atoms with van der Waals surface area (Å²) in [7, 11) is 3.39. The molecule has 0 aliphatic carbocycles. The number of carbonyl (C=O) groups is 1. The van der Waals surface area contributed by atoms with E-state index in [2.05, 4.69) is 0 Å². The van der Waals surface area contributed by atoms with Crippen molar-refractivity contribution in [1.29, 1.82) is 5.26 Å². The lowest BCUT2D eigenvalue weighted by atomic mass is 9.95. The number of ether oxygens (including phenoxy) is 1. The molecule has 1 atom stereocenters. The number of halogens is 1. The smallest absolute Gasteiger partial charge is 0.227 e. The van der Waals surface area contributed by atoms with E-state index in [1.807, 2.05) is 11.0 Å². The Labute approximate surface area is 136 Å². The van der Waals surface area contributed by atoms with E-state index in [0.29, 0.717) is 30.9 Å². The number of nitrogens with zero attached hydrogens (tertiary/aromatic N) is 3. The number of hydrogen-bond donors (Lipinski definition) is 0. The fourth-order valence-corrected chi connectivity index (χ4v) is 2.92. The van der Waals surface area contributed by atoms with Crippen LogP contribution in [0.5, 0.6) is 0 Å². The third-order valence-electron chi connectivity index (χ3n) is 4.20. The summed E-state index contributed by atoms with van der Waals surface area (Å²) >= 11 is 0. The Morgan fingerprint density at radius 2 is 2.35 bits per heavy atom. The minimum Gasteiger partial charge on any atom is -0.383 e. The highest BCUT2D eigenvalue weighted by atomic mass is 19.1. The van der Waals surface area contributed by atoms with Gasteiger partial charge >= 0.3 is 0 Å². The zero-order chi connectivity index (χ0) is 16.8. The van der Waals surface area contributed by atoms with Crippen LogP contribution in [-0.4, -0.2) is 51.2 Å². The molecule has 1 amide bonds. The second-order valence-corrected chi connectivity index (χ2v) is 5.81. The highest BCUT2D eigenvalue weighted by Crippen LogP contribution is 2.27. The molecule has 0 aromatic heterocycles. The highest BCUT2D eigenvalue weighted by molar-refractivity contribution is 5.79. The van der Waals surface area contributed by atoms with Crippen LogP contribution in [0.4, 0.5) is 10.1 Å². The van der Waals surface area contributed by atoms with E-state index in [-0.39, 0.29) is 11.8 Å². The molecule has 0 unspecified atom stereocenters. The monoisotopic (exact) mass is 319 g/mol. The summed E-state index contributed by atoms with van der Waals surface area (Å²) in [4.78, 5) is 16.2. The van der Waals surface area contributed by atoms with Crippen molar-refractivity contribution in [3.63, 3.8) is 0 Å². The Morgan fingerprint density at radius 1 is 1.57 bits per heavy atom. The van der Waals surface area contributed by atoms with Gasteiger partial charge in [0.25, 0.3) is 0 Å². The molecule has 6 heteroatoms. The standard InChI is InChI=1S/C17H22FN3O2/c1-20(8-9-23-2)17(22)13-4-3-7-21(12-13)16-6-5-15(18)10-14(16)11-19/h5-6,10,13H,3-4,7-9,12H2,1-2H3/t13-/m1/s1. The summed E-state index contributed by atoms with van der Waals surface area (Å²) in [5, 5.41) is 9.20. The van der Waals surface area contributed by atoms with E-state index in [1.54, 1.807) is 25.1 Å². The topological polar surface area (TPSA) is 56.6 Å². The van der Waals surface area contributed by atoms with Gasteiger partial charge in [-0.15, -0.1) is 0 Å². The van der Waals surface area contributed by atoms with Crippen LogP contribution in [-0.2, 0) is 9.53 Å². The van der Waals surface area contributed by atoms with Crippen molar-refractivity contribution in [1.82, 2.24) is 4.90 Å². The molecule has 0 radical (unpaired) electrons. The number of anilines is 1. The Hall–Kier alpha value is -2.13. The molecule has 1 saturated heterocycles. The number of nitriles is 1. The van der Waals surface area contributed by atoms with Crippen LogP contribution in [0.25, 0.3) is 0 Å². The number of methoxy groups -OCH3 is 1. The Balaban J connectivity index is 2.09. The first-order valence-corrected chi connectivity index (χ1v) is 7.75. The van der Waals surface area contributed by atoms with E-state index in [9.17, 15) is 14.4 Å². The molecule has 124 valence electrons. The lowest BCUT2D eigenvalue weighted by Gasteiger charge is -2.35. The van der Waals surface area contributed by atoms with Crippen LogP contribution in [0.15, 0.2) is 18.2 Å². The molecule has 23 heavy (non-hydrogen) atoms. The summed E-state index contributed by atoms with van der Waals surface area (Å²) in [6, 6.07) is 6.25. The number of benzene rings is 1. The maximum atomic E-state index is 13.3. The number of likely N-dealkylation sites (N-methyl/N-ethyl adjacent to an activating group) is 1. The van der Waals surface area contributed by atoms with Crippen molar-refractivity contribution in [3.8, 4) is 6.07 Å². The number of piperidine rings is 1. The average molecular weight is 319 g/mol. The maximum absolute atomic E-state index is 13.3. The summed E-state index contributed by atoms with van der Waals surface area (Å²) in [5.41, 5.74) is 1.01. The van der Waals surface area contributed by atoms with E-state index in [0.717, 1.165) is 19.4 Å². The van der Waals surface area contributed by atoms with Crippen molar-refractivity contribution < 1.29 is 13.9 Å². The second-order valence-electron chi connectivity index (χ2n) is 5.81. The van der Waals surface area contributed by atoms with Crippen molar-refractivity contribution in [3.05, 3.63) is 29.6 Å². The third-order valence-corrected chi connectivity index (χ3v) is 4.20. The van der Waals surface area contributed by atoms with Crippen LogP contribution in [0.3, 0.4) is 0 Å². The zero-order valence-electron chi connectivity index (χ0n) is 13.6. The summed E-state index contributed by atoms with van der Waals surface area (Å²) in [6.07, 6.45) is 1.70. The molecular weight excluding hydrogens is 297 g/mol. The van der Waals surface area contributed by atoms with Gasteiger partial charge in [0.2, 0.25) is 5.91 Å². The Morgan fingerprint density at radius 3 is 3.04 bits per heavy atom. The zero-order valence-corrected chi connectivity index (χ0v) is 13.6. The molecule has 0 spiro atoms. The average Bonchev–Trinajstić information content (AvgIpc) is 2.58. The highest BCUT2D eigenvalue weighted by Gasteiger charge is 2.28. The molecule has 2 rings (SSSR count). The van der Waals surface area contributed by atoms with Crippen molar-refractivity contribution in [2.75, 3.05) is 45.3 Å². The summed E-state index contributed by atoms with van der Waals surface area (Å²) < 4.78 is 18.3. The molecule has 1 fully saturated rings. The lowest BCUT2D eigenvalue weighted by molar-refractivity contribution is -0.135. The van der Waals surface area contributed by atoms with Gasteiger partial charge in [0, 0.05) is 33.8 Å².